The number of alkyl halides is 1. The van der Waals surface area contributed by atoms with Gasteiger partial charge in [-0.15, -0.1) is 0 Å². The van der Waals surface area contributed by atoms with Crippen molar-refractivity contribution in [1.29, 1.82) is 0 Å². The molecule has 1 atom stereocenters. The van der Waals surface area contributed by atoms with Crippen LogP contribution in [0.5, 0.6) is 0 Å². The Kier molecular flexibility index (Phi) is 5.32. The Bertz CT molecular complexity index is 381. The van der Waals surface area contributed by atoms with Crippen LogP contribution in [-0.2, 0) is 0 Å². The van der Waals surface area contributed by atoms with E-state index in [0.717, 1.165) is 0 Å². The molecule has 0 aliphatic carbocycles. The molecule has 0 heterocycles. The molecule has 6 heteroatoms. The van der Waals surface area contributed by atoms with Gasteiger partial charge in [0, 0.05) is 5.02 Å². The lowest BCUT2D eigenvalue weighted by molar-refractivity contribution is 0.599. The van der Waals surface area contributed by atoms with E-state index in [0.29, 0.717) is 20.8 Å². The van der Waals surface area contributed by atoms with Crippen LogP contribution in [0.25, 0.3) is 0 Å². The van der Waals surface area contributed by atoms with E-state index in [9.17, 15) is 0 Å². The molecule has 0 fully saturated rings. The van der Waals surface area contributed by atoms with Crippen LogP contribution in [0.4, 0.5) is 5.69 Å². The van der Waals surface area contributed by atoms with Gasteiger partial charge in [0.05, 0.1) is 10.0 Å². The molecule has 0 amide bonds. The smallest absolute Gasteiger partial charge is 0.147 e. The fourth-order valence-electron chi connectivity index (χ4n) is 0.876. The molecule has 2 nitrogen and oxygen atoms in total. The summed E-state index contributed by atoms with van der Waals surface area (Å²) < 4.78 is 0. The molecule has 88 valence electrons. The molecular weight excluding hydrogens is 290 g/mol. The Morgan fingerprint density at radius 1 is 1.06 bits per heavy atom. The third-order valence-corrected chi connectivity index (χ3v) is 3.19. The van der Waals surface area contributed by atoms with Crippen molar-refractivity contribution >= 4 is 52.1 Å². The van der Waals surface area contributed by atoms with Crippen LogP contribution in [0.15, 0.2) is 22.4 Å². The van der Waals surface area contributed by atoms with Crippen LogP contribution in [0.3, 0.4) is 0 Å². The topological polar surface area (TPSA) is 24.7 Å². The third kappa shape index (κ3) is 3.77. The Balaban J connectivity index is 2.98. The molecule has 0 aromatic heterocycles. The van der Waals surface area contributed by atoms with E-state index in [2.05, 4.69) is 10.2 Å². The minimum Gasteiger partial charge on any atom is -0.169 e. The summed E-state index contributed by atoms with van der Waals surface area (Å²) in [6.07, 6.45) is 0. The number of halogens is 4. The normalized spacial score (nSPS) is 13.7. The lowest BCUT2D eigenvalue weighted by atomic mass is 10.2. The minimum atomic E-state index is -0.400. The maximum Gasteiger partial charge on any atom is 0.147 e. The summed E-state index contributed by atoms with van der Waals surface area (Å²) in [6, 6.07) is 3.11. The number of benzene rings is 1. The number of hydrogen-bond acceptors (Lipinski definition) is 2. The van der Waals surface area contributed by atoms with E-state index in [1.165, 1.54) is 0 Å². The van der Waals surface area contributed by atoms with Crippen LogP contribution >= 0.6 is 46.4 Å². The van der Waals surface area contributed by atoms with Crippen LogP contribution in [0.2, 0.25) is 15.1 Å². The van der Waals surface area contributed by atoms with Crippen molar-refractivity contribution in [1.82, 2.24) is 0 Å². The monoisotopic (exact) mass is 298 g/mol. The number of hydrogen-bond donors (Lipinski definition) is 0. The molecule has 0 bridgehead atoms. The van der Waals surface area contributed by atoms with Crippen molar-refractivity contribution in [3.8, 4) is 0 Å². The van der Waals surface area contributed by atoms with Gasteiger partial charge in [0.2, 0.25) is 0 Å². The molecule has 1 aromatic carbocycles. The van der Waals surface area contributed by atoms with Gasteiger partial charge < -0.3 is 0 Å². The second kappa shape index (κ2) is 6.06. The van der Waals surface area contributed by atoms with Gasteiger partial charge in [0.25, 0.3) is 0 Å². The quantitative estimate of drug-likeness (QED) is 0.374. The van der Waals surface area contributed by atoms with Crippen molar-refractivity contribution in [3.63, 3.8) is 0 Å². The summed E-state index contributed by atoms with van der Waals surface area (Å²) in [5, 5.41) is 9.03. The molecule has 0 spiro atoms. The lowest BCUT2D eigenvalue weighted by Crippen LogP contribution is -2.02. The number of nitrogens with zero attached hydrogens (tertiary/aromatic N) is 2. The number of rotatable bonds is 3. The first-order valence-corrected chi connectivity index (χ1v) is 6.18. The molecule has 0 N–H and O–H groups in total. The summed E-state index contributed by atoms with van der Waals surface area (Å²) in [5.74, 6) is 0.190. The third-order valence-electron chi connectivity index (χ3n) is 1.80. The van der Waals surface area contributed by atoms with Gasteiger partial charge in [-0.05, 0) is 18.1 Å². The zero-order chi connectivity index (χ0) is 12.3. The summed E-state index contributed by atoms with van der Waals surface area (Å²) in [5.41, 5.74) is -0.0122. The fraction of sp³-hybridized carbons (Fsp3) is 0.400. The van der Waals surface area contributed by atoms with Crippen molar-refractivity contribution in [2.24, 2.45) is 16.1 Å². The highest BCUT2D eigenvalue weighted by atomic mass is 35.5. The van der Waals surface area contributed by atoms with E-state index in [-0.39, 0.29) is 5.92 Å². The number of azo groups is 1. The highest BCUT2D eigenvalue weighted by Gasteiger charge is 2.10. The van der Waals surface area contributed by atoms with Crippen molar-refractivity contribution in [3.05, 3.63) is 27.2 Å². The SMILES string of the molecule is CC(C)C(Cl)N=Nc1c(Cl)cc(Cl)cc1Cl. The molecule has 16 heavy (non-hydrogen) atoms. The van der Waals surface area contributed by atoms with Crippen molar-refractivity contribution in [2.75, 3.05) is 0 Å². The predicted octanol–water partition coefficient (Wildman–Crippen LogP) is 5.95. The van der Waals surface area contributed by atoms with Gasteiger partial charge in [0.15, 0.2) is 0 Å². The second-order valence-electron chi connectivity index (χ2n) is 3.55. The average molecular weight is 300 g/mol. The molecule has 0 radical (unpaired) electrons. The first-order chi connectivity index (χ1) is 7.41. The predicted molar refractivity (Wildman–Crippen MR) is 70.5 cm³/mol. The second-order valence-corrected chi connectivity index (χ2v) is 5.25. The zero-order valence-corrected chi connectivity index (χ0v) is 11.7. The van der Waals surface area contributed by atoms with Crippen molar-refractivity contribution < 1.29 is 0 Å². The first kappa shape index (κ1) is 14.0. The van der Waals surface area contributed by atoms with E-state index in [1.54, 1.807) is 12.1 Å². The molecule has 0 saturated heterocycles. The van der Waals surface area contributed by atoms with E-state index >= 15 is 0 Å². The van der Waals surface area contributed by atoms with Gasteiger partial charge in [-0.25, -0.2) is 0 Å². The molecule has 0 aliphatic heterocycles. The van der Waals surface area contributed by atoms with E-state index in [1.807, 2.05) is 13.8 Å². The lowest BCUT2D eigenvalue weighted by Gasteiger charge is -2.06. The summed E-state index contributed by atoms with van der Waals surface area (Å²) >= 11 is 23.6. The Morgan fingerprint density at radius 2 is 1.56 bits per heavy atom. The maximum absolute atomic E-state index is 5.93. The molecule has 1 aromatic rings. The fourth-order valence-corrected chi connectivity index (χ4v) is 1.81. The summed E-state index contributed by atoms with van der Waals surface area (Å²) in [4.78, 5) is 0. The van der Waals surface area contributed by atoms with E-state index < -0.39 is 5.50 Å². The first-order valence-electron chi connectivity index (χ1n) is 4.61. The van der Waals surface area contributed by atoms with Gasteiger partial charge >= 0.3 is 0 Å². The molecule has 1 unspecified atom stereocenters. The zero-order valence-electron chi connectivity index (χ0n) is 8.72. The molecule has 0 aliphatic rings. The molecule has 0 saturated carbocycles. The van der Waals surface area contributed by atoms with Crippen molar-refractivity contribution in [2.45, 2.75) is 19.3 Å². The van der Waals surface area contributed by atoms with Crippen LogP contribution in [0, 0.1) is 5.92 Å². The van der Waals surface area contributed by atoms with Crippen LogP contribution in [0.1, 0.15) is 13.8 Å². The van der Waals surface area contributed by atoms with Gasteiger partial charge in [-0.3, -0.25) is 0 Å². The van der Waals surface area contributed by atoms with Crippen LogP contribution in [-0.4, -0.2) is 5.50 Å². The van der Waals surface area contributed by atoms with E-state index in [4.69, 9.17) is 46.4 Å². The summed E-state index contributed by atoms with van der Waals surface area (Å²) in [6.45, 7) is 3.89. The van der Waals surface area contributed by atoms with Gasteiger partial charge in [0.1, 0.15) is 11.2 Å². The highest BCUT2D eigenvalue weighted by Crippen LogP contribution is 2.36. The Morgan fingerprint density at radius 3 is 2.00 bits per heavy atom. The summed E-state index contributed by atoms with van der Waals surface area (Å²) in [7, 11) is 0. The van der Waals surface area contributed by atoms with Gasteiger partial charge in [-0.1, -0.05) is 60.3 Å². The van der Waals surface area contributed by atoms with Crippen LogP contribution < -0.4 is 0 Å². The average Bonchev–Trinajstić information content (AvgIpc) is 2.15. The Labute approximate surface area is 115 Å². The standard InChI is InChI=1S/C10H10Cl4N2/c1-5(2)10(14)16-15-9-7(12)3-6(11)4-8(9)13/h3-5,10H,1-2H3. The molecular formula is C10H10Cl4N2. The Hall–Kier alpha value is -0.0200. The maximum atomic E-state index is 5.93. The molecule has 1 rings (SSSR count). The largest absolute Gasteiger partial charge is 0.169 e. The van der Waals surface area contributed by atoms with Gasteiger partial charge in [-0.2, -0.15) is 10.2 Å². The highest BCUT2D eigenvalue weighted by molar-refractivity contribution is 6.41. The minimum absolute atomic E-state index is 0.190.